The predicted octanol–water partition coefficient (Wildman–Crippen LogP) is 0.535. The van der Waals surface area contributed by atoms with Crippen molar-refractivity contribution in [2.45, 2.75) is 26.3 Å². The highest BCUT2D eigenvalue weighted by atomic mass is 32.2. The fourth-order valence-corrected chi connectivity index (χ4v) is 2.68. The largest absolute Gasteiger partial charge is 0.454 e. The van der Waals surface area contributed by atoms with E-state index in [-0.39, 0.29) is 18.1 Å². The van der Waals surface area contributed by atoms with Crippen LogP contribution in [0.15, 0.2) is 30.3 Å². The molecule has 0 aliphatic carbocycles. The van der Waals surface area contributed by atoms with Gasteiger partial charge in [0.2, 0.25) is 0 Å². The van der Waals surface area contributed by atoms with Crippen LogP contribution in [0, 0.1) is 5.92 Å². The van der Waals surface area contributed by atoms with Crippen molar-refractivity contribution in [2.75, 3.05) is 25.2 Å². The third-order valence-electron chi connectivity index (χ3n) is 3.46. The molecule has 0 aromatic heterocycles. The van der Waals surface area contributed by atoms with E-state index in [9.17, 15) is 22.8 Å². The summed E-state index contributed by atoms with van der Waals surface area (Å²) < 4.78 is 27.7. The molecule has 0 bridgehead atoms. The molecule has 0 unspecified atom stereocenters. The second kappa shape index (κ2) is 10.7. The zero-order valence-electron chi connectivity index (χ0n) is 15.7. The maximum atomic E-state index is 12.3. The van der Waals surface area contributed by atoms with E-state index in [0.29, 0.717) is 12.1 Å². The van der Waals surface area contributed by atoms with Crippen molar-refractivity contribution in [3.63, 3.8) is 0 Å². The number of hydrogen-bond donors (Lipinski definition) is 2. The van der Waals surface area contributed by atoms with Gasteiger partial charge in [-0.2, -0.15) is 0 Å². The van der Waals surface area contributed by atoms with Gasteiger partial charge < -0.3 is 15.4 Å². The standard InChI is InChI=1S/C18H26N2O6S/c1-13(2)11-19-16(21)12-26-18(23)15(9-10-27(3,24)25)20-17(22)14-7-5-4-6-8-14/h4-8,13,15H,9-12H2,1-3H3,(H,19,21)(H,20,22)/t15-/m1/s1. The van der Waals surface area contributed by atoms with Gasteiger partial charge in [-0.05, 0) is 24.5 Å². The molecule has 150 valence electrons. The van der Waals surface area contributed by atoms with Crippen LogP contribution in [0.5, 0.6) is 0 Å². The zero-order chi connectivity index (χ0) is 20.4. The number of carbonyl (C=O) groups excluding carboxylic acids is 3. The van der Waals surface area contributed by atoms with E-state index >= 15 is 0 Å². The summed E-state index contributed by atoms with van der Waals surface area (Å²) in [5.41, 5.74) is 0.323. The van der Waals surface area contributed by atoms with Gasteiger partial charge >= 0.3 is 5.97 Å². The average Bonchev–Trinajstić information content (AvgIpc) is 2.61. The quantitative estimate of drug-likeness (QED) is 0.555. The smallest absolute Gasteiger partial charge is 0.329 e. The molecular formula is C18H26N2O6S. The summed E-state index contributed by atoms with van der Waals surface area (Å²) >= 11 is 0. The maximum absolute atomic E-state index is 12.3. The van der Waals surface area contributed by atoms with Crippen molar-refractivity contribution in [3.05, 3.63) is 35.9 Å². The Hall–Kier alpha value is -2.42. The highest BCUT2D eigenvalue weighted by Gasteiger charge is 2.25. The fraction of sp³-hybridized carbons (Fsp3) is 0.500. The zero-order valence-corrected chi connectivity index (χ0v) is 16.5. The number of sulfone groups is 1. The summed E-state index contributed by atoms with van der Waals surface area (Å²) in [5, 5.41) is 5.07. The van der Waals surface area contributed by atoms with Gasteiger partial charge in [-0.1, -0.05) is 32.0 Å². The number of hydrogen-bond acceptors (Lipinski definition) is 6. The first kappa shape index (κ1) is 22.6. The first-order valence-electron chi connectivity index (χ1n) is 8.55. The lowest BCUT2D eigenvalue weighted by Gasteiger charge is -2.17. The van der Waals surface area contributed by atoms with E-state index in [1.165, 1.54) is 0 Å². The van der Waals surface area contributed by atoms with E-state index in [1.54, 1.807) is 30.3 Å². The molecule has 0 saturated heterocycles. The van der Waals surface area contributed by atoms with E-state index in [0.717, 1.165) is 6.26 Å². The Bertz CT molecular complexity index is 746. The van der Waals surface area contributed by atoms with Crippen LogP contribution >= 0.6 is 0 Å². The number of esters is 1. The summed E-state index contributed by atoms with van der Waals surface area (Å²) in [4.78, 5) is 36.2. The molecule has 0 fully saturated rings. The van der Waals surface area contributed by atoms with Gasteiger partial charge in [-0.25, -0.2) is 13.2 Å². The molecule has 0 aliphatic heterocycles. The Morgan fingerprint density at radius 1 is 1.11 bits per heavy atom. The molecule has 1 aromatic carbocycles. The lowest BCUT2D eigenvalue weighted by molar-refractivity contribution is -0.150. The first-order chi connectivity index (χ1) is 12.6. The van der Waals surface area contributed by atoms with Crippen molar-refractivity contribution in [1.29, 1.82) is 0 Å². The molecule has 9 heteroatoms. The number of rotatable bonds is 10. The Labute approximate surface area is 159 Å². The van der Waals surface area contributed by atoms with Crippen molar-refractivity contribution < 1.29 is 27.5 Å². The summed E-state index contributed by atoms with van der Waals surface area (Å²) in [6.45, 7) is 3.79. The summed E-state index contributed by atoms with van der Waals surface area (Å²) in [5.74, 6) is -1.91. The van der Waals surface area contributed by atoms with Crippen LogP contribution < -0.4 is 10.6 Å². The molecular weight excluding hydrogens is 372 g/mol. The van der Waals surface area contributed by atoms with Gasteiger partial charge in [0.1, 0.15) is 15.9 Å². The first-order valence-corrected chi connectivity index (χ1v) is 10.6. The topological polar surface area (TPSA) is 119 Å². The molecule has 0 radical (unpaired) electrons. The molecule has 8 nitrogen and oxygen atoms in total. The van der Waals surface area contributed by atoms with Gasteiger partial charge in [-0.15, -0.1) is 0 Å². The van der Waals surface area contributed by atoms with Gasteiger partial charge in [0.15, 0.2) is 6.61 Å². The number of ether oxygens (including phenoxy) is 1. The minimum Gasteiger partial charge on any atom is -0.454 e. The summed E-state index contributed by atoms with van der Waals surface area (Å²) in [7, 11) is -3.34. The molecule has 0 spiro atoms. The van der Waals surface area contributed by atoms with Crippen molar-refractivity contribution in [3.8, 4) is 0 Å². The fourth-order valence-electron chi connectivity index (χ4n) is 2.02. The highest BCUT2D eigenvalue weighted by Crippen LogP contribution is 2.04. The van der Waals surface area contributed by atoms with E-state index in [4.69, 9.17) is 4.74 Å². The van der Waals surface area contributed by atoms with Crippen LogP contribution in [-0.2, 0) is 24.2 Å². The SMILES string of the molecule is CC(C)CNC(=O)COC(=O)[C@@H](CCS(C)(=O)=O)NC(=O)c1ccccc1. The number of benzene rings is 1. The normalized spacial score (nSPS) is 12.3. The van der Waals surface area contributed by atoms with Gasteiger partial charge in [0.05, 0.1) is 5.75 Å². The lowest BCUT2D eigenvalue weighted by atomic mass is 10.1. The van der Waals surface area contributed by atoms with Gasteiger partial charge in [-0.3, -0.25) is 9.59 Å². The second-order valence-electron chi connectivity index (χ2n) is 6.62. The summed E-state index contributed by atoms with van der Waals surface area (Å²) in [6.07, 6.45) is 0.887. The lowest BCUT2D eigenvalue weighted by Crippen LogP contribution is -2.44. The third-order valence-corrected chi connectivity index (χ3v) is 4.43. The van der Waals surface area contributed by atoms with Crippen LogP contribution in [0.25, 0.3) is 0 Å². The van der Waals surface area contributed by atoms with Crippen LogP contribution in [-0.4, -0.2) is 57.4 Å². The minimum atomic E-state index is -3.34. The predicted molar refractivity (Wildman–Crippen MR) is 101 cm³/mol. The van der Waals surface area contributed by atoms with E-state index in [2.05, 4.69) is 10.6 Å². The molecule has 0 aliphatic rings. The highest BCUT2D eigenvalue weighted by molar-refractivity contribution is 7.90. The number of carbonyl (C=O) groups is 3. The Balaban J connectivity index is 2.70. The molecule has 1 atom stereocenters. The Morgan fingerprint density at radius 3 is 2.30 bits per heavy atom. The van der Waals surface area contributed by atoms with E-state index in [1.807, 2.05) is 13.8 Å². The molecule has 0 heterocycles. The molecule has 2 amide bonds. The maximum Gasteiger partial charge on any atom is 0.329 e. The second-order valence-corrected chi connectivity index (χ2v) is 8.88. The van der Waals surface area contributed by atoms with Crippen molar-refractivity contribution in [1.82, 2.24) is 10.6 Å². The van der Waals surface area contributed by atoms with E-state index < -0.39 is 40.3 Å². The van der Waals surface area contributed by atoms with Crippen LogP contribution in [0.1, 0.15) is 30.6 Å². The van der Waals surface area contributed by atoms with Crippen molar-refractivity contribution >= 4 is 27.6 Å². The Morgan fingerprint density at radius 2 is 1.74 bits per heavy atom. The minimum absolute atomic E-state index is 0.149. The monoisotopic (exact) mass is 398 g/mol. The van der Waals surface area contributed by atoms with Gasteiger partial charge in [0.25, 0.3) is 11.8 Å². The van der Waals surface area contributed by atoms with Crippen LogP contribution in [0.2, 0.25) is 0 Å². The number of amides is 2. The average molecular weight is 398 g/mol. The summed E-state index contributed by atoms with van der Waals surface area (Å²) in [6, 6.07) is 7.02. The van der Waals surface area contributed by atoms with Crippen molar-refractivity contribution in [2.24, 2.45) is 5.92 Å². The third kappa shape index (κ3) is 9.74. The molecule has 1 aromatic rings. The molecule has 27 heavy (non-hydrogen) atoms. The van der Waals surface area contributed by atoms with Gasteiger partial charge in [0, 0.05) is 18.4 Å². The molecule has 1 rings (SSSR count). The Kier molecular flexibility index (Phi) is 8.93. The molecule has 2 N–H and O–H groups in total. The van der Waals surface area contributed by atoms with Crippen LogP contribution in [0.4, 0.5) is 0 Å². The molecule has 0 saturated carbocycles. The number of nitrogens with one attached hydrogen (secondary N) is 2. The van der Waals surface area contributed by atoms with Crippen LogP contribution in [0.3, 0.4) is 0 Å².